The largest absolute Gasteiger partial charge is 0.436 e. The third-order valence-electron chi connectivity index (χ3n) is 4.19. The van der Waals surface area contributed by atoms with Gasteiger partial charge in [0.05, 0.1) is 0 Å². The SMILES string of the molecule is c1ccc(OP2N(c3ccccc3)CCCN2c2ccccc2)cc1. The molecule has 4 heteroatoms. The topological polar surface area (TPSA) is 15.7 Å². The second kappa shape index (κ2) is 7.58. The Balaban J connectivity index is 1.70. The Morgan fingerprint density at radius 2 is 1.04 bits per heavy atom. The van der Waals surface area contributed by atoms with Crippen LogP contribution in [0.5, 0.6) is 5.75 Å². The normalized spacial score (nSPS) is 15.2. The summed E-state index contributed by atoms with van der Waals surface area (Å²) < 4.78 is 11.3. The van der Waals surface area contributed by atoms with Gasteiger partial charge in [0.1, 0.15) is 5.75 Å². The third-order valence-corrected chi connectivity index (χ3v) is 6.25. The fraction of sp³-hybridized carbons (Fsp3) is 0.143. The first-order chi connectivity index (χ1) is 12.4. The first kappa shape index (κ1) is 16.0. The van der Waals surface area contributed by atoms with E-state index < -0.39 is 8.45 Å². The number of benzene rings is 3. The summed E-state index contributed by atoms with van der Waals surface area (Å²) in [5.74, 6) is 0.914. The molecule has 4 rings (SSSR count). The quantitative estimate of drug-likeness (QED) is 0.562. The van der Waals surface area contributed by atoms with E-state index in [-0.39, 0.29) is 0 Å². The molecule has 0 radical (unpaired) electrons. The van der Waals surface area contributed by atoms with Gasteiger partial charge in [-0.2, -0.15) is 0 Å². The Kier molecular flexibility index (Phi) is 4.85. The molecule has 0 bridgehead atoms. The second-order valence-corrected chi connectivity index (χ2v) is 7.58. The summed E-state index contributed by atoms with van der Waals surface area (Å²) in [7, 11) is -0.961. The lowest BCUT2D eigenvalue weighted by molar-refractivity contribution is 0.586. The van der Waals surface area contributed by atoms with Crippen LogP contribution in [0.4, 0.5) is 11.4 Å². The molecule has 25 heavy (non-hydrogen) atoms. The maximum atomic E-state index is 6.51. The molecular weight excluding hydrogens is 327 g/mol. The molecule has 126 valence electrons. The van der Waals surface area contributed by atoms with Gasteiger partial charge in [0.25, 0.3) is 0 Å². The van der Waals surface area contributed by atoms with E-state index in [2.05, 4.69) is 70.0 Å². The highest BCUT2D eigenvalue weighted by Gasteiger charge is 2.33. The standard InChI is InChI=1S/C21H21N2OP/c1-4-11-19(12-5-1)22-17-10-18-23(20-13-6-2-7-14-20)25(22)24-21-15-8-3-9-16-21/h1-9,11-16H,10,17-18H2. The lowest BCUT2D eigenvalue weighted by atomic mass is 10.3. The number of hydrogen-bond donors (Lipinski definition) is 0. The summed E-state index contributed by atoms with van der Waals surface area (Å²) in [5.41, 5.74) is 2.43. The molecule has 0 N–H and O–H groups in total. The summed E-state index contributed by atoms with van der Waals surface area (Å²) in [4.78, 5) is 0. The number of para-hydroxylation sites is 3. The first-order valence-electron chi connectivity index (χ1n) is 8.60. The van der Waals surface area contributed by atoms with Gasteiger partial charge in [-0.25, -0.2) is 0 Å². The molecule has 1 aliphatic heterocycles. The maximum absolute atomic E-state index is 6.51. The Labute approximate surface area is 150 Å². The minimum Gasteiger partial charge on any atom is -0.436 e. The molecule has 3 nitrogen and oxygen atoms in total. The van der Waals surface area contributed by atoms with Crippen molar-refractivity contribution in [2.45, 2.75) is 6.42 Å². The molecule has 0 saturated carbocycles. The van der Waals surface area contributed by atoms with Gasteiger partial charge in [0.15, 0.2) is 0 Å². The molecule has 3 aromatic carbocycles. The fourth-order valence-corrected chi connectivity index (χ4v) is 5.06. The van der Waals surface area contributed by atoms with E-state index >= 15 is 0 Å². The zero-order valence-corrected chi connectivity index (χ0v) is 14.9. The first-order valence-corrected chi connectivity index (χ1v) is 9.76. The number of nitrogens with zero attached hydrogens (tertiary/aromatic N) is 2. The Bertz CT molecular complexity index is 735. The maximum Gasteiger partial charge on any atom is 0.309 e. The van der Waals surface area contributed by atoms with Crippen LogP contribution in [0.1, 0.15) is 6.42 Å². The van der Waals surface area contributed by atoms with Crippen LogP contribution < -0.4 is 13.9 Å². The van der Waals surface area contributed by atoms with E-state index in [0.29, 0.717) is 0 Å². The number of hydrogen-bond acceptors (Lipinski definition) is 3. The predicted molar refractivity (Wildman–Crippen MR) is 106 cm³/mol. The molecule has 0 atom stereocenters. The van der Waals surface area contributed by atoms with Crippen molar-refractivity contribution in [1.29, 1.82) is 0 Å². The zero-order chi connectivity index (χ0) is 16.9. The van der Waals surface area contributed by atoms with Gasteiger partial charge in [0, 0.05) is 24.5 Å². The molecule has 0 spiro atoms. The zero-order valence-electron chi connectivity index (χ0n) is 14.0. The third kappa shape index (κ3) is 3.62. The summed E-state index contributed by atoms with van der Waals surface area (Å²) in [6.07, 6.45) is 1.11. The predicted octanol–water partition coefficient (Wildman–Crippen LogP) is 5.71. The van der Waals surface area contributed by atoms with Crippen molar-refractivity contribution in [2.24, 2.45) is 0 Å². The van der Waals surface area contributed by atoms with Crippen molar-refractivity contribution in [3.63, 3.8) is 0 Å². The smallest absolute Gasteiger partial charge is 0.309 e. The van der Waals surface area contributed by atoms with Gasteiger partial charge >= 0.3 is 8.45 Å². The van der Waals surface area contributed by atoms with Crippen LogP contribution in [0.25, 0.3) is 0 Å². The molecule has 0 aromatic heterocycles. The fourth-order valence-electron chi connectivity index (χ4n) is 3.00. The number of anilines is 2. The number of rotatable bonds is 4. The van der Waals surface area contributed by atoms with Crippen LogP contribution in [0, 0.1) is 0 Å². The lowest BCUT2D eigenvalue weighted by Crippen LogP contribution is -2.38. The molecule has 0 unspecified atom stereocenters. The summed E-state index contributed by atoms with van der Waals surface area (Å²) in [5, 5.41) is 0. The lowest BCUT2D eigenvalue weighted by Gasteiger charge is -2.43. The van der Waals surface area contributed by atoms with Gasteiger partial charge in [-0.05, 0) is 42.8 Å². The van der Waals surface area contributed by atoms with Crippen molar-refractivity contribution < 1.29 is 4.52 Å². The van der Waals surface area contributed by atoms with Crippen molar-refractivity contribution in [3.8, 4) is 5.75 Å². The Morgan fingerprint density at radius 1 is 0.600 bits per heavy atom. The van der Waals surface area contributed by atoms with Crippen molar-refractivity contribution >= 4 is 19.8 Å². The minimum absolute atomic E-state index is 0.914. The van der Waals surface area contributed by atoms with Crippen LogP contribution in [0.2, 0.25) is 0 Å². The van der Waals surface area contributed by atoms with E-state index in [1.165, 1.54) is 11.4 Å². The van der Waals surface area contributed by atoms with E-state index in [0.717, 1.165) is 25.3 Å². The van der Waals surface area contributed by atoms with Crippen molar-refractivity contribution in [1.82, 2.24) is 0 Å². The van der Waals surface area contributed by atoms with E-state index in [4.69, 9.17) is 4.52 Å². The van der Waals surface area contributed by atoms with Crippen LogP contribution in [0.15, 0.2) is 91.0 Å². The van der Waals surface area contributed by atoms with E-state index in [9.17, 15) is 0 Å². The molecule has 0 amide bonds. The van der Waals surface area contributed by atoms with Gasteiger partial charge in [-0.3, -0.25) is 0 Å². The van der Waals surface area contributed by atoms with E-state index in [1.807, 2.05) is 30.3 Å². The highest BCUT2D eigenvalue weighted by molar-refractivity contribution is 7.56. The summed E-state index contributed by atoms with van der Waals surface area (Å²) >= 11 is 0. The highest BCUT2D eigenvalue weighted by atomic mass is 31.2. The molecular formula is C21H21N2OP. The van der Waals surface area contributed by atoms with Crippen molar-refractivity contribution in [2.75, 3.05) is 22.4 Å². The highest BCUT2D eigenvalue weighted by Crippen LogP contribution is 2.52. The van der Waals surface area contributed by atoms with Gasteiger partial charge in [-0.1, -0.05) is 54.6 Å². The molecule has 1 fully saturated rings. The average Bonchev–Trinajstić information content (AvgIpc) is 2.70. The molecule has 3 aromatic rings. The molecule has 0 aliphatic carbocycles. The van der Waals surface area contributed by atoms with E-state index in [1.54, 1.807) is 0 Å². The molecule has 1 heterocycles. The van der Waals surface area contributed by atoms with Crippen LogP contribution >= 0.6 is 8.45 Å². The van der Waals surface area contributed by atoms with Gasteiger partial charge < -0.3 is 13.9 Å². The van der Waals surface area contributed by atoms with Gasteiger partial charge in [0.2, 0.25) is 0 Å². The van der Waals surface area contributed by atoms with Crippen LogP contribution in [0.3, 0.4) is 0 Å². The van der Waals surface area contributed by atoms with Crippen molar-refractivity contribution in [3.05, 3.63) is 91.0 Å². The minimum atomic E-state index is -0.961. The average molecular weight is 348 g/mol. The van der Waals surface area contributed by atoms with Crippen LogP contribution in [-0.2, 0) is 0 Å². The van der Waals surface area contributed by atoms with Crippen LogP contribution in [-0.4, -0.2) is 13.1 Å². The Morgan fingerprint density at radius 3 is 1.52 bits per heavy atom. The molecule has 1 aliphatic rings. The monoisotopic (exact) mass is 348 g/mol. The summed E-state index contributed by atoms with van der Waals surface area (Å²) in [6.45, 7) is 2.01. The second-order valence-electron chi connectivity index (χ2n) is 5.93. The molecule has 1 saturated heterocycles. The van der Waals surface area contributed by atoms with Gasteiger partial charge in [-0.15, -0.1) is 0 Å². The summed E-state index contributed by atoms with van der Waals surface area (Å²) in [6, 6.07) is 31.3. The Hall–Kier alpha value is -2.51.